The van der Waals surface area contributed by atoms with Gasteiger partial charge in [-0.3, -0.25) is 0 Å². The maximum atomic E-state index is 9.19. The summed E-state index contributed by atoms with van der Waals surface area (Å²) >= 11 is 0. The molecule has 5 heteroatoms. The van der Waals surface area contributed by atoms with Gasteiger partial charge in [0.2, 0.25) is 0 Å². The molecule has 0 aliphatic heterocycles. The zero-order chi connectivity index (χ0) is 8.59. The quantitative estimate of drug-likeness (QED) is 0.283. The van der Waals surface area contributed by atoms with Crippen molar-refractivity contribution in [3.63, 3.8) is 0 Å². The predicted molar refractivity (Wildman–Crippen MR) is 36.6 cm³/mol. The molecule has 0 unspecified atom stereocenters. The molecule has 0 bridgehead atoms. The van der Waals surface area contributed by atoms with E-state index in [1.54, 1.807) is 0 Å². The summed E-state index contributed by atoms with van der Waals surface area (Å²) in [5, 5.41) is 36.1. The predicted octanol–water partition coefficient (Wildman–Crippen LogP) is -2.98. The lowest BCUT2D eigenvalue weighted by molar-refractivity contribution is -0.00635. The van der Waals surface area contributed by atoms with Gasteiger partial charge in [0, 0.05) is 5.92 Å². The second-order valence-corrected chi connectivity index (χ2v) is 2.90. The standard InChI is InChI=1S/C6H13NO4/c7-3-4(9)2(1-8)5(10)6(3)11/h2-6,8-11H,1,7H2/t2-,3-,4-,5+,6+/m0/s1. The van der Waals surface area contributed by atoms with Gasteiger partial charge in [-0.1, -0.05) is 0 Å². The van der Waals surface area contributed by atoms with E-state index < -0.39 is 30.3 Å². The largest absolute Gasteiger partial charge is 0.396 e. The topological polar surface area (TPSA) is 107 Å². The number of aliphatic hydroxyl groups excluding tert-OH is 4. The molecule has 0 aromatic rings. The van der Waals surface area contributed by atoms with E-state index in [0.717, 1.165) is 0 Å². The molecular formula is C6H13NO4. The summed E-state index contributed by atoms with van der Waals surface area (Å²) in [5.74, 6) is -0.722. The van der Waals surface area contributed by atoms with Crippen LogP contribution in [0.5, 0.6) is 0 Å². The van der Waals surface area contributed by atoms with Crippen LogP contribution in [0.2, 0.25) is 0 Å². The lowest BCUT2D eigenvalue weighted by Crippen LogP contribution is -2.40. The number of aliphatic hydroxyl groups is 4. The van der Waals surface area contributed by atoms with Crippen molar-refractivity contribution in [1.29, 1.82) is 0 Å². The minimum atomic E-state index is -1.14. The van der Waals surface area contributed by atoms with Crippen LogP contribution in [0, 0.1) is 5.92 Å². The highest BCUT2D eigenvalue weighted by Crippen LogP contribution is 2.25. The SMILES string of the molecule is N[C@@H]1[C@@H](O)[C@H](O)[C@@H](CO)[C@@H]1O. The Labute approximate surface area is 64.1 Å². The summed E-state index contributed by atoms with van der Waals surface area (Å²) in [6, 6.07) is -0.859. The molecule has 5 nitrogen and oxygen atoms in total. The molecule has 1 aliphatic carbocycles. The van der Waals surface area contributed by atoms with Gasteiger partial charge in [0.1, 0.15) is 0 Å². The number of nitrogens with two attached hydrogens (primary N) is 1. The monoisotopic (exact) mass is 163 g/mol. The van der Waals surface area contributed by atoms with E-state index in [-0.39, 0.29) is 6.61 Å². The van der Waals surface area contributed by atoms with E-state index in [9.17, 15) is 5.11 Å². The third-order valence-corrected chi connectivity index (χ3v) is 2.23. The van der Waals surface area contributed by atoms with Gasteiger partial charge in [-0.2, -0.15) is 0 Å². The number of rotatable bonds is 1. The molecule has 1 aliphatic rings. The van der Waals surface area contributed by atoms with E-state index in [0.29, 0.717) is 0 Å². The Bertz CT molecular complexity index is 129. The first-order valence-corrected chi connectivity index (χ1v) is 3.50. The van der Waals surface area contributed by atoms with Crippen molar-refractivity contribution >= 4 is 0 Å². The minimum absolute atomic E-state index is 0.368. The fourth-order valence-electron chi connectivity index (χ4n) is 1.39. The Balaban J connectivity index is 2.69. The Morgan fingerprint density at radius 2 is 1.55 bits per heavy atom. The maximum Gasteiger partial charge on any atom is 0.0979 e. The fraction of sp³-hybridized carbons (Fsp3) is 1.00. The van der Waals surface area contributed by atoms with Gasteiger partial charge in [0.25, 0.3) is 0 Å². The molecule has 6 N–H and O–H groups in total. The molecule has 0 aromatic carbocycles. The molecule has 11 heavy (non-hydrogen) atoms. The molecule has 66 valence electrons. The van der Waals surface area contributed by atoms with Crippen molar-refractivity contribution < 1.29 is 20.4 Å². The number of hydrogen-bond donors (Lipinski definition) is 5. The van der Waals surface area contributed by atoms with Crippen LogP contribution in [0.25, 0.3) is 0 Å². The van der Waals surface area contributed by atoms with E-state index in [1.165, 1.54) is 0 Å². The molecule has 0 amide bonds. The second-order valence-electron chi connectivity index (χ2n) is 2.90. The molecule has 5 atom stereocenters. The lowest BCUT2D eigenvalue weighted by atomic mass is 10.1. The van der Waals surface area contributed by atoms with E-state index >= 15 is 0 Å². The normalized spacial score (nSPS) is 51.5. The minimum Gasteiger partial charge on any atom is -0.396 e. The van der Waals surface area contributed by atoms with Crippen LogP contribution < -0.4 is 5.73 Å². The molecule has 1 rings (SSSR count). The molecule has 1 fully saturated rings. The average molecular weight is 163 g/mol. The van der Waals surface area contributed by atoms with Gasteiger partial charge in [-0.05, 0) is 0 Å². The first kappa shape index (κ1) is 8.89. The van der Waals surface area contributed by atoms with Gasteiger partial charge in [0.05, 0.1) is 31.0 Å². The molecule has 1 saturated carbocycles. The summed E-state index contributed by atoms with van der Waals surface area (Å²) in [7, 11) is 0. The molecular weight excluding hydrogens is 150 g/mol. The molecule has 0 aromatic heterocycles. The van der Waals surface area contributed by atoms with Crippen LogP contribution in [0.4, 0.5) is 0 Å². The third kappa shape index (κ3) is 1.25. The smallest absolute Gasteiger partial charge is 0.0979 e. The summed E-state index contributed by atoms with van der Waals surface area (Å²) in [6.45, 7) is -0.368. The highest BCUT2D eigenvalue weighted by molar-refractivity contribution is 5.00. The zero-order valence-corrected chi connectivity index (χ0v) is 5.96. The van der Waals surface area contributed by atoms with Crippen LogP contribution in [-0.4, -0.2) is 51.4 Å². The van der Waals surface area contributed by atoms with Crippen LogP contribution in [0.3, 0.4) is 0 Å². The summed E-state index contributed by atoms with van der Waals surface area (Å²) < 4.78 is 0. The van der Waals surface area contributed by atoms with Gasteiger partial charge in [-0.15, -0.1) is 0 Å². The maximum absolute atomic E-state index is 9.19. The van der Waals surface area contributed by atoms with Crippen LogP contribution in [0.1, 0.15) is 0 Å². The van der Waals surface area contributed by atoms with Crippen molar-refractivity contribution in [2.45, 2.75) is 24.4 Å². The summed E-state index contributed by atoms with van der Waals surface area (Å²) in [4.78, 5) is 0. The van der Waals surface area contributed by atoms with E-state index in [2.05, 4.69) is 0 Å². The van der Waals surface area contributed by atoms with Gasteiger partial charge >= 0.3 is 0 Å². The van der Waals surface area contributed by atoms with Crippen molar-refractivity contribution in [3.8, 4) is 0 Å². The second kappa shape index (κ2) is 3.04. The van der Waals surface area contributed by atoms with Crippen LogP contribution >= 0.6 is 0 Å². The van der Waals surface area contributed by atoms with Crippen molar-refractivity contribution in [1.82, 2.24) is 0 Å². The highest BCUT2D eigenvalue weighted by atomic mass is 16.3. The van der Waals surface area contributed by atoms with Crippen molar-refractivity contribution in [2.75, 3.05) is 6.61 Å². The Morgan fingerprint density at radius 3 is 1.73 bits per heavy atom. The molecule has 0 saturated heterocycles. The van der Waals surface area contributed by atoms with Crippen LogP contribution in [0.15, 0.2) is 0 Å². The van der Waals surface area contributed by atoms with Gasteiger partial charge in [-0.25, -0.2) is 0 Å². The third-order valence-electron chi connectivity index (χ3n) is 2.23. The summed E-state index contributed by atoms with van der Waals surface area (Å²) in [5.41, 5.74) is 5.31. The Hall–Kier alpha value is -0.200. The van der Waals surface area contributed by atoms with Gasteiger partial charge in [0.15, 0.2) is 0 Å². The molecule has 0 spiro atoms. The first-order chi connectivity index (χ1) is 5.09. The molecule has 0 radical (unpaired) electrons. The zero-order valence-electron chi connectivity index (χ0n) is 5.96. The van der Waals surface area contributed by atoms with Gasteiger partial charge < -0.3 is 26.2 Å². The van der Waals surface area contributed by atoms with Crippen molar-refractivity contribution in [2.24, 2.45) is 11.7 Å². The van der Waals surface area contributed by atoms with Crippen LogP contribution in [-0.2, 0) is 0 Å². The Kier molecular flexibility index (Phi) is 2.46. The highest BCUT2D eigenvalue weighted by Gasteiger charge is 2.46. The Morgan fingerprint density at radius 1 is 1.00 bits per heavy atom. The van der Waals surface area contributed by atoms with Crippen molar-refractivity contribution in [3.05, 3.63) is 0 Å². The summed E-state index contributed by atoms with van der Waals surface area (Å²) in [6.07, 6.45) is -3.28. The van der Waals surface area contributed by atoms with E-state index in [4.69, 9.17) is 21.1 Å². The lowest BCUT2D eigenvalue weighted by Gasteiger charge is -2.14. The van der Waals surface area contributed by atoms with E-state index in [1.807, 2.05) is 0 Å². The average Bonchev–Trinajstić information content (AvgIpc) is 2.17. The molecule has 0 heterocycles. The fourth-order valence-corrected chi connectivity index (χ4v) is 1.39. The first-order valence-electron chi connectivity index (χ1n) is 3.50. The number of hydrogen-bond acceptors (Lipinski definition) is 5.